The van der Waals surface area contributed by atoms with Crippen LogP contribution >= 0.6 is 11.6 Å². The summed E-state index contributed by atoms with van der Waals surface area (Å²) in [6, 6.07) is 8.96. The van der Waals surface area contributed by atoms with Crippen LogP contribution < -0.4 is 10.6 Å². The largest absolute Gasteiger partial charge is 0.331 e. The topological polar surface area (TPSA) is 76.8 Å². The van der Waals surface area contributed by atoms with Crippen molar-refractivity contribution in [3.63, 3.8) is 0 Å². The van der Waals surface area contributed by atoms with Gasteiger partial charge in [-0.3, -0.25) is 10.00 Å². The van der Waals surface area contributed by atoms with E-state index in [9.17, 15) is 4.79 Å². The first-order chi connectivity index (χ1) is 12.8. The van der Waals surface area contributed by atoms with Gasteiger partial charge in [0.05, 0.1) is 24.0 Å². The molecule has 3 aromatic rings. The molecule has 2 aromatic heterocycles. The van der Waals surface area contributed by atoms with E-state index in [4.69, 9.17) is 11.6 Å². The number of carbonyl (C=O) groups excluding carboxylic acids is 1. The Morgan fingerprint density at radius 1 is 1.26 bits per heavy atom. The fourth-order valence-corrected chi connectivity index (χ4v) is 3.26. The molecule has 27 heavy (non-hydrogen) atoms. The monoisotopic (exact) mass is 386 g/mol. The second-order valence-electron chi connectivity index (χ2n) is 6.62. The molecule has 2 N–H and O–H groups in total. The molecule has 2 heterocycles. The van der Waals surface area contributed by atoms with Crippen LogP contribution in [0.15, 0.2) is 36.5 Å². The zero-order chi connectivity index (χ0) is 19.6. The Morgan fingerprint density at radius 3 is 2.70 bits per heavy atom. The lowest BCUT2D eigenvalue weighted by molar-refractivity contribution is 0.249. The summed E-state index contributed by atoms with van der Waals surface area (Å²) in [6.45, 7) is 6.26. The smallest absolute Gasteiger partial charge is 0.320 e. The van der Waals surface area contributed by atoms with Crippen molar-refractivity contribution in [3.8, 4) is 0 Å². The van der Waals surface area contributed by atoms with Crippen LogP contribution in [-0.2, 0) is 13.6 Å². The number of hydrogen-bond donors (Lipinski definition) is 2. The zero-order valence-corrected chi connectivity index (χ0v) is 16.6. The number of rotatable bonds is 5. The Balaban J connectivity index is 1.70. The van der Waals surface area contributed by atoms with Crippen molar-refractivity contribution in [1.29, 1.82) is 0 Å². The number of aryl methyl sites for hydroxylation is 3. The Labute approximate surface area is 163 Å². The maximum Gasteiger partial charge on any atom is 0.320 e. The van der Waals surface area contributed by atoms with Crippen LogP contribution in [0.4, 0.5) is 10.6 Å². The van der Waals surface area contributed by atoms with Crippen molar-refractivity contribution >= 4 is 23.4 Å². The lowest BCUT2D eigenvalue weighted by Crippen LogP contribution is -2.32. The summed E-state index contributed by atoms with van der Waals surface area (Å²) in [5.41, 5.74) is 3.71. The number of nitrogens with one attached hydrogen (secondary N) is 2. The third-order valence-corrected chi connectivity index (χ3v) is 4.47. The highest BCUT2D eigenvalue weighted by atomic mass is 35.5. The molecule has 0 saturated heterocycles. The van der Waals surface area contributed by atoms with Gasteiger partial charge in [0.2, 0.25) is 0 Å². The van der Waals surface area contributed by atoms with E-state index >= 15 is 0 Å². The Morgan fingerprint density at radius 2 is 2.04 bits per heavy atom. The van der Waals surface area contributed by atoms with Gasteiger partial charge in [-0.1, -0.05) is 23.7 Å². The van der Waals surface area contributed by atoms with Gasteiger partial charge in [0.15, 0.2) is 0 Å². The van der Waals surface area contributed by atoms with Crippen molar-refractivity contribution in [2.45, 2.75) is 33.4 Å². The lowest BCUT2D eigenvalue weighted by atomic mass is 10.1. The predicted octanol–water partition coefficient (Wildman–Crippen LogP) is 3.82. The van der Waals surface area contributed by atoms with Gasteiger partial charge in [-0.25, -0.2) is 9.48 Å². The Kier molecular flexibility index (Phi) is 5.51. The van der Waals surface area contributed by atoms with E-state index in [1.807, 2.05) is 64.3 Å². The van der Waals surface area contributed by atoms with E-state index in [0.717, 1.165) is 22.5 Å². The second kappa shape index (κ2) is 7.84. The van der Waals surface area contributed by atoms with Crippen molar-refractivity contribution in [2.24, 2.45) is 7.05 Å². The van der Waals surface area contributed by atoms with Crippen LogP contribution in [0, 0.1) is 13.8 Å². The van der Waals surface area contributed by atoms with Gasteiger partial charge in [-0.05, 0) is 38.5 Å². The minimum Gasteiger partial charge on any atom is -0.331 e. The van der Waals surface area contributed by atoms with E-state index in [1.54, 1.807) is 9.36 Å². The van der Waals surface area contributed by atoms with E-state index in [2.05, 4.69) is 20.8 Å². The molecular weight excluding hydrogens is 364 g/mol. The van der Waals surface area contributed by atoms with Gasteiger partial charge in [0.1, 0.15) is 5.82 Å². The fraction of sp³-hybridized carbons (Fsp3) is 0.316. The second-order valence-corrected chi connectivity index (χ2v) is 7.06. The molecule has 0 aliphatic heterocycles. The summed E-state index contributed by atoms with van der Waals surface area (Å²) in [5, 5.41) is 15.3. The van der Waals surface area contributed by atoms with Gasteiger partial charge >= 0.3 is 6.03 Å². The van der Waals surface area contributed by atoms with E-state index < -0.39 is 0 Å². The van der Waals surface area contributed by atoms with Crippen LogP contribution in [0.2, 0.25) is 5.02 Å². The Bertz CT molecular complexity index is 961. The van der Waals surface area contributed by atoms with Crippen molar-refractivity contribution < 1.29 is 4.79 Å². The third-order valence-electron chi connectivity index (χ3n) is 4.23. The van der Waals surface area contributed by atoms with E-state index in [-0.39, 0.29) is 12.1 Å². The number of urea groups is 1. The van der Waals surface area contributed by atoms with E-state index in [1.165, 1.54) is 0 Å². The molecule has 1 aromatic carbocycles. The molecule has 0 spiro atoms. The highest BCUT2D eigenvalue weighted by Crippen LogP contribution is 2.18. The van der Waals surface area contributed by atoms with E-state index in [0.29, 0.717) is 17.4 Å². The van der Waals surface area contributed by atoms with Gasteiger partial charge in [0.25, 0.3) is 0 Å². The molecule has 0 unspecified atom stereocenters. The maximum absolute atomic E-state index is 12.5. The lowest BCUT2D eigenvalue weighted by Gasteiger charge is -2.15. The number of anilines is 1. The summed E-state index contributed by atoms with van der Waals surface area (Å²) >= 11 is 6.05. The molecular formula is C19H23ClN6O. The molecule has 0 fully saturated rings. The van der Waals surface area contributed by atoms with Gasteiger partial charge in [-0.15, -0.1) is 0 Å². The van der Waals surface area contributed by atoms with Crippen molar-refractivity contribution in [2.75, 3.05) is 5.32 Å². The minimum atomic E-state index is -0.294. The Hall–Kier alpha value is -2.80. The number of halogens is 1. The van der Waals surface area contributed by atoms with Crippen LogP contribution in [0.25, 0.3) is 0 Å². The predicted molar refractivity (Wildman–Crippen MR) is 106 cm³/mol. The third kappa shape index (κ3) is 4.68. The molecule has 0 radical (unpaired) electrons. The molecule has 1 atom stereocenters. The first-order valence-corrected chi connectivity index (χ1v) is 9.06. The quantitative estimate of drug-likeness (QED) is 0.699. The number of aromatic nitrogens is 4. The van der Waals surface area contributed by atoms with Crippen molar-refractivity contribution in [3.05, 3.63) is 64.1 Å². The summed E-state index contributed by atoms with van der Waals surface area (Å²) in [6.07, 6.45) is 1.91. The number of hydrogen-bond acceptors (Lipinski definition) is 3. The molecule has 7 nitrogen and oxygen atoms in total. The molecule has 8 heteroatoms. The SMILES string of the molecule is Cc1cc(NC(=O)N[C@@H](C)c2cn(C)nc2C)n(Cc2cccc(Cl)c2)n1. The van der Waals surface area contributed by atoms with Crippen molar-refractivity contribution in [1.82, 2.24) is 24.9 Å². The molecule has 0 aliphatic carbocycles. The molecule has 2 amide bonds. The normalized spacial score (nSPS) is 12.0. The highest BCUT2D eigenvalue weighted by molar-refractivity contribution is 6.30. The van der Waals surface area contributed by atoms with Gasteiger partial charge in [0, 0.05) is 29.9 Å². The minimum absolute atomic E-state index is 0.163. The summed E-state index contributed by atoms with van der Waals surface area (Å²) in [7, 11) is 1.86. The van der Waals surface area contributed by atoms with Crippen LogP contribution in [0.1, 0.15) is 35.5 Å². The molecule has 0 aliphatic rings. The number of nitrogens with zero attached hydrogens (tertiary/aromatic N) is 4. The maximum atomic E-state index is 12.5. The van der Waals surface area contributed by atoms with Crippen LogP contribution in [0.5, 0.6) is 0 Å². The standard InChI is InChI=1S/C19H23ClN6O/c1-12-8-18(26(23-12)10-15-6-5-7-16(20)9-15)22-19(27)21-13(2)17-11-25(4)24-14(17)3/h5-9,11,13H,10H2,1-4H3,(H2,21,22,27)/t13-/m0/s1. The molecule has 0 bridgehead atoms. The zero-order valence-electron chi connectivity index (χ0n) is 15.8. The summed E-state index contributed by atoms with van der Waals surface area (Å²) in [5.74, 6) is 0.625. The number of amides is 2. The number of benzene rings is 1. The fourth-order valence-electron chi connectivity index (χ4n) is 3.04. The molecule has 3 rings (SSSR count). The summed E-state index contributed by atoms with van der Waals surface area (Å²) < 4.78 is 3.49. The first-order valence-electron chi connectivity index (χ1n) is 8.68. The van der Waals surface area contributed by atoms with Gasteiger partial charge in [-0.2, -0.15) is 10.2 Å². The average Bonchev–Trinajstić information content (AvgIpc) is 3.08. The average molecular weight is 387 g/mol. The van der Waals surface area contributed by atoms with Gasteiger partial charge < -0.3 is 5.32 Å². The summed E-state index contributed by atoms with van der Waals surface area (Å²) in [4.78, 5) is 12.5. The first kappa shape index (κ1) is 19.0. The molecule has 142 valence electrons. The van der Waals surface area contributed by atoms with Crippen LogP contribution in [-0.4, -0.2) is 25.6 Å². The van der Waals surface area contributed by atoms with Crippen LogP contribution in [0.3, 0.4) is 0 Å². The highest BCUT2D eigenvalue weighted by Gasteiger charge is 2.16. The number of carbonyl (C=O) groups is 1. The molecule has 0 saturated carbocycles.